The van der Waals surface area contributed by atoms with E-state index in [-0.39, 0.29) is 12.4 Å². The molecule has 16 heavy (non-hydrogen) atoms. The van der Waals surface area contributed by atoms with Crippen molar-refractivity contribution in [1.82, 2.24) is 0 Å². The second kappa shape index (κ2) is 6.27. The Labute approximate surface area is 102 Å². The zero-order valence-electron chi connectivity index (χ0n) is 8.81. The topological polar surface area (TPSA) is 58.9 Å². The van der Waals surface area contributed by atoms with Crippen molar-refractivity contribution in [2.75, 3.05) is 7.11 Å². The van der Waals surface area contributed by atoms with Gasteiger partial charge < -0.3 is 9.94 Å². The third-order valence-electron chi connectivity index (χ3n) is 2.09. The predicted octanol–water partition coefficient (Wildman–Crippen LogP) is 2.58. The molecule has 0 bridgehead atoms. The number of methoxy groups -OCH3 is 1. The van der Waals surface area contributed by atoms with Crippen molar-refractivity contribution in [2.24, 2.45) is 5.16 Å². The highest BCUT2D eigenvalue weighted by molar-refractivity contribution is 9.10. The van der Waals surface area contributed by atoms with Gasteiger partial charge in [0.1, 0.15) is 0 Å². The molecule has 0 aliphatic rings. The van der Waals surface area contributed by atoms with E-state index >= 15 is 0 Å². The molecule has 0 atom stereocenters. The molecule has 4 nitrogen and oxygen atoms in total. The van der Waals surface area contributed by atoms with Gasteiger partial charge in [-0.25, -0.2) is 0 Å². The Morgan fingerprint density at radius 3 is 2.50 bits per heavy atom. The number of carbonyl (C=O) groups excluding carboxylic acids is 1. The van der Waals surface area contributed by atoms with Gasteiger partial charge in [-0.05, 0) is 17.7 Å². The van der Waals surface area contributed by atoms with Crippen LogP contribution >= 0.6 is 15.9 Å². The van der Waals surface area contributed by atoms with Crippen molar-refractivity contribution in [3.8, 4) is 0 Å². The number of hydrogen-bond acceptors (Lipinski definition) is 4. The minimum Gasteiger partial charge on any atom is -0.469 e. The van der Waals surface area contributed by atoms with Crippen molar-refractivity contribution in [3.05, 3.63) is 34.3 Å². The Balaban J connectivity index is 2.69. The van der Waals surface area contributed by atoms with Crippen LogP contribution in [0.25, 0.3) is 0 Å². The Morgan fingerprint density at radius 1 is 1.38 bits per heavy atom. The van der Waals surface area contributed by atoms with Crippen molar-refractivity contribution in [1.29, 1.82) is 0 Å². The molecule has 0 fully saturated rings. The molecule has 0 aliphatic carbocycles. The fourth-order valence-electron chi connectivity index (χ4n) is 1.22. The van der Waals surface area contributed by atoms with Crippen molar-refractivity contribution in [2.45, 2.75) is 12.8 Å². The molecular formula is C11H12BrNO3. The van der Waals surface area contributed by atoms with Crippen LogP contribution in [0, 0.1) is 0 Å². The molecule has 86 valence electrons. The molecule has 0 aromatic heterocycles. The molecule has 0 amide bonds. The van der Waals surface area contributed by atoms with Gasteiger partial charge >= 0.3 is 5.97 Å². The summed E-state index contributed by atoms with van der Waals surface area (Å²) in [5, 5.41) is 12.0. The third kappa shape index (κ3) is 3.66. The number of benzene rings is 1. The van der Waals surface area contributed by atoms with Crippen LogP contribution in [0.3, 0.4) is 0 Å². The molecule has 0 radical (unpaired) electrons. The Bertz CT molecular complexity index is 387. The zero-order valence-corrected chi connectivity index (χ0v) is 10.4. The van der Waals surface area contributed by atoms with Gasteiger partial charge in [-0.1, -0.05) is 33.2 Å². The first kappa shape index (κ1) is 12.7. The van der Waals surface area contributed by atoms with Crippen molar-refractivity contribution < 1.29 is 14.7 Å². The summed E-state index contributed by atoms with van der Waals surface area (Å²) in [7, 11) is 1.33. The number of carbonyl (C=O) groups is 1. The third-order valence-corrected chi connectivity index (χ3v) is 2.62. The summed E-state index contributed by atoms with van der Waals surface area (Å²) in [5.41, 5.74) is 1.26. The van der Waals surface area contributed by atoms with E-state index in [4.69, 9.17) is 5.21 Å². The summed E-state index contributed by atoms with van der Waals surface area (Å²) in [4.78, 5) is 11.0. The molecule has 1 aromatic carbocycles. The molecule has 0 unspecified atom stereocenters. The maximum Gasteiger partial charge on any atom is 0.305 e. The average Bonchev–Trinajstić information content (AvgIpc) is 2.31. The molecule has 0 spiro atoms. The largest absolute Gasteiger partial charge is 0.469 e. The molecule has 0 aliphatic heterocycles. The van der Waals surface area contributed by atoms with Gasteiger partial charge in [0, 0.05) is 10.9 Å². The molecule has 0 saturated carbocycles. The quantitative estimate of drug-likeness (QED) is 0.400. The SMILES string of the molecule is COC(=O)CC/C(=N/O)c1ccc(Br)cc1. The van der Waals surface area contributed by atoms with Gasteiger partial charge in [0.15, 0.2) is 0 Å². The van der Waals surface area contributed by atoms with Crippen LogP contribution < -0.4 is 0 Å². The highest BCUT2D eigenvalue weighted by atomic mass is 79.9. The van der Waals surface area contributed by atoms with Crippen LogP contribution in [0.4, 0.5) is 0 Å². The van der Waals surface area contributed by atoms with E-state index in [9.17, 15) is 4.79 Å². The van der Waals surface area contributed by atoms with Gasteiger partial charge in [0.25, 0.3) is 0 Å². The predicted molar refractivity (Wildman–Crippen MR) is 63.7 cm³/mol. The number of esters is 1. The maximum absolute atomic E-state index is 11.0. The molecular weight excluding hydrogens is 274 g/mol. The molecule has 0 saturated heterocycles. The summed E-state index contributed by atoms with van der Waals surface area (Å²) in [6.07, 6.45) is 0.552. The monoisotopic (exact) mass is 285 g/mol. The Hall–Kier alpha value is -1.36. The van der Waals surface area contributed by atoms with E-state index in [0.29, 0.717) is 12.1 Å². The lowest BCUT2D eigenvalue weighted by Crippen LogP contribution is -2.07. The van der Waals surface area contributed by atoms with Gasteiger partial charge in [-0.2, -0.15) is 0 Å². The van der Waals surface area contributed by atoms with Crippen LogP contribution in [-0.2, 0) is 9.53 Å². The van der Waals surface area contributed by atoms with Crippen molar-refractivity contribution in [3.63, 3.8) is 0 Å². The van der Waals surface area contributed by atoms with Gasteiger partial charge in [0.05, 0.1) is 19.2 Å². The summed E-state index contributed by atoms with van der Waals surface area (Å²) in [5.74, 6) is -0.321. The first-order chi connectivity index (χ1) is 7.67. The van der Waals surface area contributed by atoms with E-state index in [1.54, 1.807) is 0 Å². The maximum atomic E-state index is 11.0. The second-order valence-electron chi connectivity index (χ2n) is 3.13. The minimum absolute atomic E-state index is 0.200. The summed E-state index contributed by atoms with van der Waals surface area (Å²) in [6, 6.07) is 7.32. The van der Waals surface area contributed by atoms with Crippen LogP contribution in [0.2, 0.25) is 0 Å². The van der Waals surface area contributed by atoms with Crippen LogP contribution in [0.15, 0.2) is 33.9 Å². The summed E-state index contributed by atoms with van der Waals surface area (Å²) < 4.78 is 5.46. The lowest BCUT2D eigenvalue weighted by atomic mass is 10.1. The fourth-order valence-corrected chi connectivity index (χ4v) is 1.48. The number of rotatable bonds is 4. The number of oxime groups is 1. The molecule has 1 rings (SSSR count). The van der Waals surface area contributed by atoms with Gasteiger partial charge in [-0.15, -0.1) is 0 Å². The fraction of sp³-hybridized carbons (Fsp3) is 0.273. The number of halogens is 1. The number of ether oxygens (including phenoxy) is 1. The Kier molecular flexibility index (Phi) is 4.98. The average molecular weight is 286 g/mol. The second-order valence-corrected chi connectivity index (χ2v) is 4.05. The highest BCUT2D eigenvalue weighted by Crippen LogP contribution is 2.13. The number of hydrogen-bond donors (Lipinski definition) is 1. The first-order valence-corrected chi connectivity index (χ1v) is 5.50. The van der Waals surface area contributed by atoms with E-state index < -0.39 is 0 Å². The zero-order chi connectivity index (χ0) is 12.0. The standard InChI is InChI=1S/C11H12BrNO3/c1-16-11(14)7-6-10(13-15)8-2-4-9(12)5-3-8/h2-5,15H,6-7H2,1H3/b13-10-. The van der Waals surface area contributed by atoms with E-state index in [2.05, 4.69) is 25.8 Å². The summed E-state index contributed by atoms with van der Waals surface area (Å²) >= 11 is 3.31. The van der Waals surface area contributed by atoms with E-state index in [1.807, 2.05) is 24.3 Å². The number of nitrogens with zero attached hydrogens (tertiary/aromatic N) is 1. The molecule has 5 heteroatoms. The normalized spacial score (nSPS) is 11.2. The van der Waals surface area contributed by atoms with Crippen LogP contribution in [-0.4, -0.2) is 24.0 Å². The molecule has 1 N–H and O–H groups in total. The summed E-state index contributed by atoms with van der Waals surface area (Å²) in [6.45, 7) is 0. The first-order valence-electron chi connectivity index (χ1n) is 4.71. The van der Waals surface area contributed by atoms with E-state index in [1.165, 1.54) is 7.11 Å². The lowest BCUT2D eigenvalue weighted by Gasteiger charge is -2.04. The van der Waals surface area contributed by atoms with E-state index in [0.717, 1.165) is 10.0 Å². The molecule has 1 aromatic rings. The highest BCUT2D eigenvalue weighted by Gasteiger charge is 2.08. The lowest BCUT2D eigenvalue weighted by molar-refractivity contribution is -0.140. The van der Waals surface area contributed by atoms with Gasteiger partial charge in [0.2, 0.25) is 0 Å². The van der Waals surface area contributed by atoms with Crippen LogP contribution in [0.5, 0.6) is 0 Å². The Morgan fingerprint density at radius 2 is 2.00 bits per heavy atom. The van der Waals surface area contributed by atoms with Crippen molar-refractivity contribution >= 4 is 27.6 Å². The smallest absolute Gasteiger partial charge is 0.305 e. The molecule has 0 heterocycles. The minimum atomic E-state index is -0.321. The van der Waals surface area contributed by atoms with Crippen LogP contribution in [0.1, 0.15) is 18.4 Å². The van der Waals surface area contributed by atoms with Gasteiger partial charge in [-0.3, -0.25) is 4.79 Å².